The smallest absolute Gasteiger partial charge is 0.246 e. The largest absolute Gasteiger partial charge is 0.350 e. The van der Waals surface area contributed by atoms with E-state index < -0.39 is 18.7 Å². The number of nitrogens with zero attached hydrogens (tertiary/aromatic N) is 5. The molecule has 1 N–H and O–H groups in total. The van der Waals surface area contributed by atoms with Crippen molar-refractivity contribution in [3.8, 4) is 0 Å². The van der Waals surface area contributed by atoms with Crippen LogP contribution in [-0.2, 0) is 11.2 Å². The molecule has 0 aliphatic carbocycles. The summed E-state index contributed by atoms with van der Waals surface area (Å²) in [5.74, 6) is 0.0691. The standard InChI is InChI=1S/C24H22ClF3N6O/c1-2-20(35)34-11-14-4-5-15(34)10-33(14)19-8-7-17-23(32-19)24(30-12-29-17)31-16-6-3-13(9-18(26)27)21(25)22(16)28/h2-3,6-8,12,14-15,18H,1,4-5,9-11H2,(H,29,30,31)/t14-,15-/m1/s1. The summed E-state index contributed by atoms with van der Waals surface area (Å²) in [6, 6.07) is 6.60. The van der Waals surface area contributed by atoms with Gasteiger partial charge in [-0.3, -0.25) is 4.79 Å². The second-order valence-corrected chi connectivity index (χ2v) is 8.99. The fourth-order valence-electron chi connectivity index (χ4n) is 4.81. The summed E-state index contributed by atoms with van der Waals surface area (Å²) in [4.78, 5) is 29.5. The van der Waals surface area contributed by atoms with Crippen LogP contribution in [0.3, 0.4) is 0 Å². The zero-order chi connectivity index (χ0) is 24.7. The van der Waals surface area contributed by atoms with Crippen LogP contribution < -0.4 is 10.2 Å². The van der Waals surface area contributed by atoms with Gasteiger partial charge in [-0.1, -0.05) is 24.2 Å². The summed E-state index contributed by atoms with van der Waals surface area (Å²) in [6.45, 7) is 4.84. The van der Waals surface area contributed by atoms with Crippen LogP contribution in [0.25, 0.3) is 11.0 Å². The van der Waals surface area contributed by atoms with E-state index in [0.717, 1.165) is 12.8 Å². The number of carbonyl (C=O) groups excluding carboxylic acids is 1. The molecule has 0 saturated carbocycles. The van der Waals surface area contributed by atoms with Gasteiger partial charge in [0.05, 0.1) is 16.2 Å². The number of carbonyl (C=O) groups is 1. The summed E-state index contributed by atoms with van der Waals surface area (Å²) in [5.41, 5.74) is 1.01. The number of fused-ring (bicyclic) bond motifs is 4. The predicted molar refractivity (Wildman–Crippen MR) is 128 cm³/mol. The summed E-state index contributed by atoms with van der Waals surface area (Å²) >= 11 is 6.00. The molecule has 0 spiro atoms. The molecule has 11 heteroatoms. The quantitative estimate of drug-likeness (QED) is 0.491. The van der Waals surface area contributed by atoms with Crippen molar-refractivity contribution in [2.24, 2.45) is 0 Å². The topological polar surface area (TPSA) is 74.2 Å². The van der Waals surface area contributed by atoms with Crippen molar-refractivity contribution in [1.82, 2.24) is 19.9 Å². The first-order chi connectivity index (χ1) is 16.9. The Morgan fingerprint density at radius 2 is 2.00 bits per heavy atom. The van der Waals surface area contributed by atoms with Crippen LogP contribution in [0, 0.1) is 5.82 Å². The maximum atomic E-state index is 14.9. The minimum absolute atomic E-state index is 0.00386. The number of pyridine rings is 1. The third kappa shape index (κ3) is 4.38. The van der Waals surface area contributed by atoms with Crippen molar-refractivity contribution in [2.75, 3.05) is 23.3 Å². The van der Waals surface area contributed by atoms with Crippen LogP contribution in [0.4, 0.5) is 30.5 Å². The van der Waals surface area contributed by atoms with Crippen LogP contribution in [0.2, 0.25) is 5.02 Å². The Hall–Kier alpha value is -3.40. The van der Waals surface area contributed by atoms with Crippen molar-refractivity contribution in [3.63, 3.8) is 0 Å². The van der Waals surface area contributed by atoms with E-state index in [2.05, 4.69) is 26.8 Å². The van der Waals surface area contributed by atoms with Crippen molar-refractivity contribution < 1.29 is 18.0 Å². The number of aromatic nitrogens is 3. The highest BCUT2D eigenvalue weighted by Crippen LogP contribution is 2.34. The number of nitrogens with one attached hydrogen (secondary N) is 1. The van der Waals surface area contributed by atoms with E-state index in [9.17, 15) is 18.0 Å². The van der Waals surface area contributed by atoms with Gasteiger partial charge in [0, 0.05) is 31.6 Å². The minimum Gasteiger partial charge on any atom is -0.350 e. The maximum absolute atomic E-state index is 14.9. The first-order valence-electron chi connectivity index (χ1n) is 11.2. The van der Waals surface area contributed by atoms with E-state index in [1.165, 1.54) is 24.5 Å². The molecular formula is C24H22ClF3N6O. The van der Waals surface area contributed by atoms with Gasteiger partial charge in [0.25, 0.3) is 0 Å². The van der Waals surface area contributed by atoms with Gasteiger partial charge >= 0.3 is 0 Å². The van der Waals surface area contributed by atoms with Crippen molar-refractivity contribution in [1.29, 1.82) is 0 Å². The highest BCUT2D eigenvalue weighted by molar-refractivity contribution is 6.31. The van der Waals surface area contributed by atoms with Gasteiger partial charge in [0.1, 0.15) is 17.7 Å². The monoisotopic (exact) mass is 502 g/mol. The third-order valence-corrected chi connectivity index (χ3v) is 6.95. The van der Waals surface area contributed by atoms with E-state index >= 15 is 0 Å². The summed E-state index contributed by atoms with van der Waals surface area (Å²) in [7, 11) is 0. The molecule has 3 aliphatic rings. The number of hydrogen-bond donors (Lipinski definition) is 1. The van der Waals surface area contributed by atoms with E-state index in [4.69, 9.17) is 16.6 Å². The predicted octanol–water partition coefficient (Wildman–Crippen LogP) is 4.73. The van der Waals surface area contributed by atoms with Crippen LogP contribution in [0.5, 0.6) is 0 Å². The molecular weight excluding hydrogens is 481 g/mol. The number of amides is 1. The zero-order valence-electron chi connectivity index (χ0n) is 18.6. The minimum atomic E-state index is -2.63. The molecule has 1 amide bonds. The Balaban J connectivity index is 1.45. The van der Waals surface area contributed by atoms with Crippen LogP contribution in [0.15, 0.2) is 43.2 Å². The SMILES string of the molecule is C=CC(=O)N1C[C@H]2CC[C@@H]1CN2c1ccc2ncnc(Nc3ccc(CC(F)F)c(Cl)c3F)c2n1. The molecule has 35 heavy (non-hydrogen) atoms. The lowest BCUT2D eigenvalue weighted by Gasteiger charge is -2.51. The molecule has 0 radical (unpaired) electrons. The number of halogens is 4. The van der Waals surface area contributed by atoms with Crippen LogP contribution in [0.1, 0.15) is 18.4 Å². The van der Waals surface area contributed by atoms with Gasteiger partial charge in [-0.25, -0.2) is 28.1 Å². The lowest BCUT2D eigenvalue weighted by molar-refractivity contribution is -0.131. The Labute approximate surface area is 204 Å². The molecule has 1 aromatic carbocycles. The molecule has 5 heterocycles. The number of benzene rings is 1. The molecule has 7 nitrogen and oxygen atoms in total. The van der Waals surface area contributed by atoms with Gasteiger partial charge in [-0.05, 0) is 42.7 Å². The van der Waals surface area contributed by atoms with E-state index in [-0.39, 0.29) is 40.1 Å². The molecule has 2 bridgehead atoms. The van der Waals surface area contributed by atoms with E-state index in [1.54, 1.807) is 0 Å². The highest BCUT2D eigenvalue weighted by Gasteiger charge is 2.41. The number of rotatable bonds is 6. The molecule has 0 unspecified atom stereocenters. The first kappa shape index (κ1) is 23.3. The van der Waals surface area contributed by atoms with Crippen LogP contribution in [-0.4, -0.2) is 57.4 Å². The molecule has 3 aromatic rings. The van der Waals surface area contributed by atoms with Gasteiger partial charge in [-0.2, -0.15) is 0 Å². The Bertz CT molecular complexity index is 1310. The van der Waals surface area contributed by atoms with E-state index in [1.807, 2.05) is 17.0 Å². The summed E-state index contributed by atoms with van der Waals surface area (Å²) < 4.78 is 40.3. The average Bonchev–Trinajstić information content (AvgIpc) is 2.87. The lowest BCUT2D eigenvalue weighted by atomic mass is 9.90. The second-order valence-electron chi connectivity index (χ2n) is 8.61. The van der Waals surface area contributed by atoms with Gasteiger partial charge in [-0.15, -0.1) is 0 Å². The number of anilines is 3. The molecule has 3 aliphatic heterocycles. The number of piperidine rings is 2. The van der Waals surface area contributed by atoms with Gasteiger partial charge < -0.3 is 15.1 Å². The molecule has 2 aromatic heterocycles. The Kier molecular flexibility index (Phi) is 6.22. The third-order valence-electron chi connectivity index (χ3n) is 6.54. The lowest BCUT2D eigenvalue weighted by Crippen LogP contribution is -2.64. The number of alkyl halides is 2. The molecule has 3 saturated heterocycles. The van der Waals surface area contributed by atoms with Crippen molar-refractivity contribution in [2.45, 2.75) is 37.8 Å². The number of piperazine rings is 1. The first-order valence-corrected chi connectivity index (χ1v) is 11.6. The fourth-order valence-corrected chi connectivity index (χ4v) is 5.06. The highest BCUT2D eigenvalue weighted by atomic mass is 35.5. The van der Waals surface area contributed by atoms with Gasteiger partial charge in [0.2, 0.25) is 12.3 Å². The summed E-state index contributed by atoms with van der Waals surface area (Å²) in [5, 5.41) is 2.53. The summed E-state index contributed by atoms with van der Waals surface area (Å²) in [6.07, 6.45) is 1.28. The second kappa shape index (κ2) is 9.33. The molecule has 3 fully saturated rings. The molecule has 6 rings (SSSR count). The van der Waals surface area contributed by atoms with E-state index in [0.29, 0.717) is 29.9 Å². The Morgan fingerprint density at radius 3 is 2.71 bits per heavy atom. The molecule has 182 valence electrons. The normalized spacial score (nSPS) is 19.5. The zero-order valence-corrected chi connectivity index (χ0v) is 19.4. The fraction of sp³-hybridized carbons (Fsp3) is 0.333. The van der Waals surface area contributed by atoms with Crippen molar-refractivity contribution >= 4 is 45.9 Å². The van der Waals surface area contributed by atoms with Crippen molar-refractivity contribution in [3.05, 3.63) is 59.7 Å². The van der Waals surface area contributed by atoms with Gasteiger partial charge in [0.15, 0.2) is 11.6 Å². The number of hydrogen-bond acceptors (Lipinski definition) is 6. The molecule has 2 atom stereocenters. The Morgan fingerprint density at radius 1 is 1.20 bits per heavy atom. The van der Waals surface area contributed by atoms with Crippen LogP contribution >= 0.6 is 11.6 Å². The maximum Gasteiger partial charge on any atom is 0.246 e. The average molecular weight is 503 g/mol.